The number of nitrogens with zero attached hydrogens (tertiary/aromatic N) is 5. The third-order valence-corrected chi connectivity index (χ3v) is 7.20. The van der Waals surface area contributed by atoms with Crippen molar-refractivity contribution in [2.45, 2.75) is 32.0 Å². The number of rotatable bonds is 7. The number of aromatic nitrogens is 4. The molecule has 3 aromatic heterocycles. The van der Waals surface area contributed by atoms with Crippen molar-refractivity contribution in [2.75, 3.05) is 33.1 Å². The smallest absolute Gasteiger partial charge is 0.254 e. The van der Waals surface area contributed by atoms with Gasteiger partial charge in [0.2, 0.25) is 0 Å². The van der Waals surface area contributed by atoms with E-state index in [0.29, 0.717) is 17.9 Å². The Morgan fingerprint density at radius 3 is 2.69 bits per heavy atom. The van der Waals surface area contributed by atoms with Gasteiger partial charge in [0, 0.05) is 45.2 Å². The molecule has 0 spiro atoms. The minimum Gasteiger partial charge on any atom is -0.497 e. The average molecular weight is 525 g/mol. The molecule has 4 heterocycles. The third kappa shape index (κ3) is 4.81. The van der Waals surface area contributed by atoms with Gasteiger partial charge >= 0.3 is 0 Å². The highest BCUT2D eigenvalue weighted by atomic mass is 16.5. The Morgan fingerprint density at radius 2 is 1.95 bits per heavy atom. The Bertz CT molecular complexity index is 1630. The number of ether oxygens (including phenoxy) is 2. The number of carbonyl (C=O) groups is 1. The van der Waals surface area contributed by atoms with Gasteiger partial charge < -0.3 is 24.1 Å². The van der Waals surface area contributed by atoms with Crippen molar-refractivity contribution in [2.24, 2.45) is 0 Å². The van der Waals surface area contributed by atoms with Crippen LogP contribution >= 0.6 is 0 Å². The number of fused-ring (bicyclic) bond motifs is 3. The Labute approximate surface area is 227 Å². The SMILES string of the molecule is COc1ccc(CNc2nc3cc(-c4ccnn4C4CCCCO4)ccc3n3cc(C(=O)N(C)C)cc23)cc1. The van der Waals surface area contributed by atoms with Crippen molar-refractivity contribution in [1.82, 2.24) is 24.1 Å². The number of methoxy groups -OCH3 is 1. The van der Waals surface area contributed by atoms with Crippen LogP contribution in [0.3, 0.4) is 0 Å². The van der Waals surface area contributed by atoms with Crippen LogP contribution in [0.4, 0.5) is 5.82 Å². The van der Waals surface area contributed by atoms with Crippen LogP contribution in [0.1, 0.15) is 41.4 Å². The van der Waals surface area contributed by atoms with Crippen LogP contribution < -0.4 is 10.1 Å². The van der Waals surface area contributed by atoms with E-state index in [0.717, 1.165) is 65.0 Å². The van der Waals surface area contributed by atoms with Gasteiger partial charge in [0.1, 0.15) is 5.75 Å². The Balaban J connectivity index is 1.42. The Morgan fingerprint density at radius 1 is 1.10 bits per heavy atom. The lowest BCUT2D eigenvalue weighted by Gasteiger charge is -2.24. The summed E-state index contributed by atoms with van der Waals surface area (Å²) in [6.07, 6.45) is 6.82. The van der Waals surface area contributed by atoms with Crippen LogP contribution in [-0.4, -0.2) is 57.8 Å². The van der Waals surface area contributed by atoms with Gasteiger partial charge in [-0.25, -0.2) is 9.67 Å². The number of hydrogen-bond acceptors (Lipinski definition) is 6. The third-order valence-electron chi connectivity index (χ3n) is 7.20. The second kappa shape index (κ2) is 10.4. The molecule has 9 nitrogen and oxygen atoms in total. The van der Waals surface area contributed by atoms with E-state index >= 15 is 0 Å². The van der Waals surface area contributed by atoms with Gasteiger partial charge in [-0.2, -0.15) is 5.10 Å². The van der Waals surface area contributed by atoms with E-state index in [4.69, 9.17) is 14.5 Å². The average Bonchev–Trinajstić information content (AvgIpc) is 3.64. The van der Waals surface area contributed by atoms with Crippen LogP contribution in [0, 0.1) is 0 Å². The van der Waals surface area contributed by atoms with Gasteiger partial charge in [-0.1, -0.05) is 18.2 Å². The summed E-state index contributed by atoms with van der Waals surface area (Å²) in [5, 5.41) is 8.08. The summed E-state index contributed by atoms with van der Waals surface area (Å²) in [6.45, 7) is 1.33. The largest absolute Gasteiger partial charge is 0.497 e. The maximum absolute atomic E-state index is 12.8. The van der Waals surface area contributed by atoms with Gasteiger partial charge in [-0.3, -0.25) is 4.79 Å². The molecule has 1 atom stereocenters. The highest BCUT2D eigenvalue weighted by molar-refractivity contribution is 5.98. The first kappa shape index (κ1) is 24.9. The summed E-state index contributed by atoms with van der Waals surface area (Å²) in [7, 11) is 5.18. The summed E-state index contributed by atoms with van der Waals surface area (Å²) in [5.74, 6) is 1.46. The summed E-state index contributed by atoms with van der Waals surface area (Å²) in [5.41, 5.74) is 6.29. The summed E-state index contributed by atoms with van der Waals surface area (Å²) >= 11 is 0. The molecule has 9 heteroatoms. The zero-order valence-electron chi connectivity index (χ0n) is 22.4. The monoisotopic (exact) mass is 524 g/mol. The highest BCUT2D eigenvalue weighted by Crippen LogP contribution is 2.32. The molecule has 6 rings (SSSR count). The molecule has 200 valence electrons. The van der Waals surface area contributed by atoms with E-state index in [-0.39, 0.29) is 12.1 Å². The maximum Gasteiger partial charge on any atom is 0.254 e. The molecule has 0 aliphatic carbocycles. The van der Waals surface area contributed by atoms with E-state index < -0.39 is 0 Å². The van der Waals surface area contributed by atoms with Gasteiger partial charge in [-0.15, -0.1) is 0 Å². The lowest BCUT2D eigenvalue weighted by Crippen LogP contribution is -2.20. The first-order chi connectivity index (χ1) is 19.0. The molecule has 1 aliphatic heterocycles. The Hall–Kier alpha value is -4.37. The van der Waals surface area contributed by atoms with E-state index in [1.807, 2.05) is 57.9 Å². The van der Waals surface area contributed by atoms with E-state index in [9.17, 15) is 4.79 Å². The molecule has 5 aromatic rings. The predicted octanol–water partition coefficient (Wildman–Crippen LogP) is 5.37. The first-order valence-corrected chi connectivity index (χ1v) is 13.2. The fourth-order valence-corrected chi connectivity index (χ4v) is 5.12. The number of nitrogens with one attached hydrogen (secondary N) is 1. The molecule has 1 aliphatic rings. The molecular formula is C30H32N6O3. The van der Waals surface area contributed by atoms with Crippen LogP contribution in [0.25, 0.3) is 27.8 Å². The zero-order chi connectivity index (χ0) is 26.9. The standard InChI is InChI=1S/C30H32N6O3/c1-34(2)30(37)22-17-27-29(31-18-20-7-10-23(38-3)11-8-20)33-24-16-21(9-12-26(24)35(27)19-22)25-13-14-32-36(25)28-6-4-5-15-39-28/h7-14,16-17,19,28H,4-6,15,18H2,1-3H3,(H,31,33). The fraction of sp³-hybridized carbons (Fsp3) is 0.300. The molecule has 1 saturated heterocycles. The molecular weight excluding hydrogens is 492 g/mol. The lowest BCUT2D eigenvalue weighted by atomic mass is 10.1. The summed E-state index contributed by atoms with van der Waals surface area (Å²) < 4.78 is 15.3. The molecule has 1 unspecified atom stereocenters. The summed E-state index contributed by atoms with van der Waals surface area (Å²) in [4.78, 5) is 19.5. The second-order valence-corrected chi connectivity index (χ2v) is 10.0. The van der Waals surface area contributed by atoms with Crippen molar-refractivity contribution in [3.63, 3.8) is 0 Å². The van der Waals surface area contributed by atoms with Gasteiger partial charge in [-0.05, 0) is 61.2 Å². The molecule has 1 N–H and O–H groups in total. The van der Waals surface area contributed by atoms with Crippen molar-refractivity contribution in [3.8, 4) is 17.0 Å². The van der Waals surface area contributed by atoms with Crippen molar-refractivity contribution in [1.29, 1.82) is 0 Å². The van der Waals surface area contributed by atoms with Crippen molar-refractivity contribution < 1.29 is 14.3 Å². The number of hydrogen-bond donors (Lipinski definition) is 1. The number of benzene rings is 2. The molecule has 1 amide bonds. The van der Waals surface area contributed by atoms with Gasteiger partial charge in [0.05, 0.1) is 34.9 Å². The van der Waals surface area contributed by atoms with Crippen molar-refractivity contribution >= 4 is 28.3 Å². The minimum atomic E-state index is -0.0549. The van der Waals surface area contributed by atoms with E-state index in [2.05, 4.69) is 28.6 Å². The zero-order valence-corrected chi connectivity index (χ0v) is 22.4. The lowest BCUT2D eigenvalue weighted by molar-refractivity contribution is -0.0383. The molecule has 0 radical (unpaired) electrons. The van der Waals surface area contributed by atoms with Crippen molar-refractivity contribution in [3.05, 3.63) is 78.1 Å². The molecule has 2 aromatic carbocycles. The van der Waals surface area contributed by atoms with E-state index in [1.54, 1.807) is 26.1 Å². The number of anilines is 1. The maximum atomic E-state index is 12.8. The Kier molecular flexibility index (Phi) is 6.66. The fourth-order valence-electron chi connectivity index (χ4n) is 5.12. The molecule has 39 heavy (non-hydrogen) atoms. The van der Waals surface area contributed by atoms with Gasteiger partial charge in [0.25, 0.3) is 5.91 Å². The molecule has 0 bridgehead atoms. The highest BCUT2D eigenvalue weighted by Gasteiger charge is 2.21. The quantitative estimate of drug-likeness (QED) is 0.308. The summed E-state index contributed by atoms with van der Waals surface area (Å²) in [6, 6.07) is 18.1. The second-order valence-electron chi connectivity index (χ2n) is 10.0. The van der Waals surface area contributed by atoms with Crippen LogP contribution in [0.2, 0.25) is 0 Å². The first-order valence-electron chi connectivity index (χ1n) is 13.2. The minimum absolute atomic E-state index is 0.0547. The van der Waals surface area contributed by atoms with Crippen LogP contribution in [-0.2, 0) is 11.3 Å². The van der Waals surface area contributed by atoms with E-state index in [1.165, 1.54) is 0 Å². The van der Waals surface area contributed by atoms with Crippen LogP contribution in [0.15, 0.2) is 67.0 Å². The molecule has 1 fully saturated rings. The molecule has 0 saturated carbocycles. The normalized spacial score (nSPS) is 15.5. The number of carbonyl (C=O) groups excluding carboxylic acids is 1. The van der Waals surface area contributed by atoms with Crippen LogP contribution in [0.5, 0.6) is 5.75 Å². The van der Waals surface area contributed by atoms with Gasteiger partial charge in [0.15, 0.2) is 12.0 Å². The topological polar surface area (TPSA) is 85.9 Å². The predicted molar refractivity (Wildman–Crippen MR) is 151 cm³/mol. The number of amides is 1.